The third kappa shape index (κ3) is 3.28. The fraction of sp³-hybridized carbons (Fsp3) is 0.214. The average Bonchev–Trinajstić information content (AvgIpc) is 2.74. The van der Waals surface area contributed by atoms with Gasteiger partial charge in [-0.05, 0) is 24.6 Å². The van der Waals surface area contributed by atoms with E-state index in [0.29, 0.717) is 28.6 Å². The molecule has 0 atom stereocenters. The Morgan fingerprint density at radius 3 is 2.84 bits per heavy atom. The quantitative estimate of drug-likeness (QED) is 0.874. The Morgan fingerprint density at radius 1 is 1.42 bits per heavy atom. The molecule has 0 unspecified atom stereocenters. The maximum absolute atomic E-state index is 11.7. The number of hydrogen-bond acceptors (Lipinski definition) is 4. The van der Waals surface area contributed by atoms with E-state index in [9.17, 15) is 4.79 Å². The van der Waals surface area contributed by atoms with Gasteiger partial charge in [0.15, 0.2) is 0 Å². The van der Waals surface area contributed by atoms with Crippen LogP contribution in [0.4, 0.5) is 5.00 Å². The molecule has 0 amide bonds. The number of anilines is 1. The van der Waals surface area contributed by atoms with E-state index in [1.807, 2.05) is 24.3 Å². The Morgan fingerprint density at radius 2 is 2.16 bits per heavy atom. The monoisotopic (exact) mass is 295 g/mol. The molecule has 0 saturated heterocycles. The molecule has 0 aliphatic carbocycles. The Bertz CT molecular complexity index is 595. The van der Waals surface area contributed by atoms with Crippen LogP contribution in [0.5, 0.6) is 0 Å². The molecule has 0 aliphatic rings. The van der Waals surface area contributed by atoms with E-state index < -0.39 is 0 Å². The van der Waals surface area contributed by atoms with Crippen LogP contribution < -0.4 is 5.73 Å². The van der Waals surface area contributed by atoms with Crippen molar-refractivity contribution in [2.45, 2.75) is 13.3 Å². The zero-order valence-corrected chi connectivity index (χ0v) is 12.1. The number of benzene rings is 1. The molecule has 1 aromatic heterocycles. The number of nitrogen functional groups attached to an aromatic ring is 1. The van der Waals surface area contributed by atoms with Crippen LogP contribution in [0.1, 0.15) is 27.7 Å². The highest BCUT2D eigenvalue weighted by Crippen LogP contribution is 2.29. The van der Waals surface area contributed by atoms with Crippen molar-refractivity contribution in [3.05, 3.63) is 51.4 Å². The van der Waals surface area contributed by atoms with E-state index >= 15 is 0 Å². The fourth-order valence-electron chi connectivity index (χ4n) is 1.74. The van der Waals surface area contributed by atoms with Crippen LogP contribution in [0.15, 0.2) is 30.3 Å². The van der Waals surface area contributed by atoms with Crippen LogP contribution in [0.3, 0.4) is 0 Å². The predicted molar refractivity (Wildman–Crippen MR) is 78.9 cm³/mol. The van der Waals surface area contributed by atoms with Crippen LogP contribution in [-0.2, 0) is 11.2 Å². The number of carbonyl (C=O) groups is 1. The lowest BCUT2D eigenvalue weighted by Gasteiger charge is -2.01. The van der Waals surface area contributed by atoms with Crippen LogP contribution in [0, 0.1) is 0 Å². The van der Waals surface area contributed by atoms with Gasteiger partial charge in [-0.2, -0.15) is 0 Å². The number of hydrogen-bond donors (Lipinski definition) is 1. The van der Waals surface area contributed by atoms with Crippen molar-refractivity contribution in [1.29, 1.82) is 0 Å². The first-order chi connectivity index (χ1) is 9.11. The lowest BCUT2D eigenvalue weighted by atomic mass is 10.1. The first-order valence-corrected chi connectivity index (χ1v) is 7.10. The Balaban J connectivity index is 2.21. The maximum atomic E-state index is 11.7. The average molecular weight is 296 g/mol. The molecule has 0 fully saturated rings. The molecule has 2 rings (SSSR count). The van der Waals surface area contributed by atoms with Gasteiger partial charge < -0.3 is 10.5 Å². The minimum atomic E-state index is -0.373. The summed E-state index contributed by atoms with van der Waals surface area (Å²) in [5.74, 6) is -0.373. The fourth-order valence-corrected chi connectivity index (χ4v) is 2.88. The van der Waals surface area contributed by atoms with E-state index in [1.165, 1.54) is 11.3 Å². The third-order valence-corrected chi connectivity index (χ3v) is 3.96. The molecule has 3 nitrogen and oxygen atoms in total. The van der Waals surface area contributed by atoms with E-state index in [0.717, 1.165) is 10.4 Å². The molecule has 0 bridgehead atoms. The number of rotatable bonds is 4. The highest BCUT2D eigenvalue weighted by molar-refractivity contribution is 7.16. The molecule has 0 radical (unpaired) electrons. The van der Waals surface area contributed by atoms with Crippen molar-refractivity contribution in [2.75, 3.05) is 12.3 Å². The van der Waals surface area contributed by atoms with Crippen molar-refractivity contribution in [1.82, 2.24) is 0 Å². The van der Waals surface area contributed by atoms with Crippen molar-refractivity contribution in [3.8, 4) is 0 Å². The molecule has 1 aromatic carbocycles. The van der Waals surface area contributed by atoms with Crippen LogP contribution in [0.25, 0.3) is 0 Å². The SMILES string of the molecule is CCOC(=O)c1cc(Cc2ccccc2Cl)sc1N. The molecule has 2 N–H and O–H groups in total. The van der Waals surface area contributed by atoms with Gasteiger partial charge in [0.2, 0.25) is 0 Å². The van der Waals surface area contributed by atoms with Gasteiger partial charge in [-0.3, -0.25) is 0 Å². The summed E-state index contributed by atoms with van der Waals surface area (Å²) in [6.45, 7) is 2.11. The van der Waals surface area contributed by atoms with Crippen molar-refractivity contribution < 1.29 is 9.53 Å². The molecule has 2 aromatic rings. The van der Waals surface area contributed by atoms with Crippen molar-refractivity contribution in [2.24, 2.45) is 0 Å². The summed E-state index contributed by atoms with van der Waals surface area (Å²) in [6, 6.07) is 9.41. The summed E-state index contributed by atoms with van der Waals surface area (Å²) in [4.78, 5) is 12.7. The minimum Gasteiger partial charge on any atom is -0.462 e. The first kappa shape index (κ1) is 13.9. The molecule has 100 valence electrons. The van der Waals surface area contributed by atoms with Gasteiger partial charge in [0.25, 0.3) is 0 Å². The molecule has 5 heteroatoms. The third-order valence-electron chi connectivity index (χ3n) is 2.63. The number of carbonyl (C=O) groups excluding carboxylic acids is 1. The molecular formula is C14H14ClNO2S. The largest absolute Gasteiger partial charge is 0.462 e. The van der Waals surface area contributed by atoms with Crippen molar-refractivity contribution >= 4 is 33.9 Å². The number of nitrogens with two attached hydrogens (primary N) is 1. The molecule has 0 aliphatic heterocycles. The van der Waals surface area contributed by atoms with Crippen LogP contribution in [-0.4, -0.2) is 12.6 Å². The second kappa shape index (κ2) is 6.08. The van der Waals surface area contributed by atoms with Crippen LogP contribution >= 0.6 is 22.9 Å². The topological polar surface area (TPSA) is 52.3 Å². The van der Waals surface area contributed by atoms with E-state index in [4.69, 9.17) is 22.1 Å². The van der Waals surface area contributed by atoms with Gasteiger partial charge in [0, 0.05) is 16.3 Å². The zero-order chi connectivity index (χ0) is 13.8. The molecular weight excluding hydrogens is 282 g/mol. The highest BCUT2D eigenvalue weighted by atomic mass is 35.5. The molecule has 0 spiro atoms. The molecule has 0 saturated carbocycles. The summed E-state index contributed by atoms with van der Waals surface area (Å²) >= 11 is 7.51. The van der Waals surface area contributed by atoms with E-state index in [2.05, 4.69) is 0 Å². The van der Waals surface area contributed by atoms with E-state index in [1.54, 1.807) is 13.0 Å². The zero-order valence-electron chi connectivity index (χ0n) is 10.5. The summed E-state index contributed by atoms with van der Waals surface area (Å²) in [5.41, 5.74) is 7.30. The van der Waals surface area contributed by atoms with Gasteiger partial charge in [-0.25, -0.2) is 4.79 Å². The Labute approximate surface area is 121 Å². The van der Waals surface area contributed by atoms with Crippen LogP contribution in [0.2, 0.25) is 5.02 Å². The number of esters is 1. The normalized spacial score (nSPS) is 10.4. The highest BCUT2D eigenvalue weighted by Gasteiger charge is 2.15. The summed E-state index contributed by atoms with van der Waals surface area (Å²) < 4.78 is 4.96. The lowest BCUT2D eigenvalue weighted by molar-refractivity contribution is 0.0528. The van der Waals surface area contributed by atoms with Gasteiger partial charge in [0.1, 0.15) is 5.00 Å². The van der Waals surface area contributed by atoms with Gasteiger partial charge in [-0.1, -0.05) is 29.8 Å². The first-order valence-electron chi connectivity index (χ1n) is 5.90. The second-order valence-electron chi connectivity index (χ2n) is 3.98. The maximum Gasteiger partial charge on any atom is 0.341 e. The lowest BCUT2D eigenvalue weighted by Crippen LogP contribution is -2.05. The smallest absolute Gasteiger partial charge is 0.341 e. The summed E-state index contributed by atoms with van der Waals surface area (Å²) in [6.07, 6.45) is 0.661. The van der Waals surface area contributed by atoms with E-state index in [-0.39, 0.29) is 5.97 Å². The Hall–Kier alpha value is -1.52. The summed E-state index contributed by atoms with van der Waals surface area (Å²) in [7, 11) is 0. The summed E-state index contributed by atoms with van der Waals surface area (Å²) in [5, 5.41) is 1.20. The number of halogens is 1. The van der Waals surface area contributed by atoms with Crippen molar-refractivity contribution in [3.63, 3.8) is 0 Å². The number of thiophene rings is 1. The molecule has 19 heavy (non-hydrogen) atoms. The number of ether oxygens (including phenoxy) is 1. The standard InChI is InChI=1S/C14H14ClNO2S/c1-2-18-14(17)11-8-10(19-13(11)16)7-9-5-3-4-6-12(9)15/h3-6,8H,2,7,16H2,1H3. The molecule has 1 heterocycles. The second-order valence-corrected chi connectivity index (χ2v) is 5.55. The minimum absolute atomic E-state index is 0.341. The van der Waals surface area contributed by atoms with Gasteiger partial charge in [0.05, 0.1) is 12.2 Å². The Kier molecular flexibility index (Phi) is 4.45. The predicted octanol–water partition coefficient (Wildman–Crippen LogP) is 3.75. The van der Waals surface area contributed by atoms with Gasteiger partial charge in [-0.15, -0.1) is 11.3 Å². The van der Waals surface area contributed by atoms with Gasteiger partial charge >= 0.3 is 5.97 Å².